The third kappa shape index (κ3) is 1.97. The Kier molecular flexibility index (Phi) is 3.06. The van der Waals surface area contributed by atoms with E-state index in [0.29, 0.717) is 18.0 Å². The molecule has 1 N–H and O–H groups in total. The molecule has 2 saturated heterocycles. The van der Waals surface area contributed by atoms with Crippen LogP contribution >= 0.6 is 0 Å². The van der Waals surface area contributed by atoms with Gasteiger partial charge in [0.2, 0.25) is 0 Å². The van der Waals surface area contributed by atoms with Crippen LogP contribution in [0.4, 0.5) is 0 Å². The molecule has 3 aliphatic rings. The van der Waals surface area contributed by atoms with Crippen LogP contribution in [0.1, 0.15) is 48.6 Å². The number of nitrogens with one attached hydrogen (secondary N) is 1. The number of amides is 1. The van der Waals surface area contributed by atoms with Crippen molar-refractivity contribution in [3.05, 3.63) is 24.0 Å². The molecular weight excluding hydrogens is 250 g/mol. The maximum atomic E-state index is 12.8. The molecule has 2 aliphatic heterocycles. The van der Waals surface area contributed by atoms with Gasteiger partial charge in [-0.15, -0.1) is 0 Å². The zero-order valence-corrected chi connectivity index (χ0v) is 11.9. The second-order valence-electron chi connectivity index (χ2n) is 6.56. The fourth-order valence-electron chi connectivity index (χ4n) is 3.93. The van der Waals surface area contributed by atoms with E-state index in [0.717, 1.165) is 25.3 Å². The molecule has 1 saturated carbocycles. The van der Waals surface area contributed by atoms with Gasteiger partial charge in [0, 0.05) is 31.4 Å². The first-order valence-electron chi connectivity index (χ1n) is 8.02. The maximum Gasteiger partial charge on any atom is 0.270 e. The monoisotopic (exact) mass is 273 g/mol. The molecule has 4 nitrogen and oxygen atoms in total. The summed E-state index contributed by atoms with van der Waals surface area (Å²) in [4.78, 5) is 14.9. The summed E-state index contributed by atoms with van der Waals surface area (Å²) in [6.07, 6.45) is 8.35. The van der Waals surface area contributed by atoms with Gasteiger partial charge in [0.25, 0.3) is 5.91 Å². The van der Waals surface area contributed by atoms with Gasteiger partial charge in [0.1, 0.15) is 5.69 Å². The van der Waals surface area contributed by atoms with E-state index in [1.807, 2.05) is 12.1 Å². The number of carbonyl (C=O) groups excluding carboxylic acids is 1. The molecule has 3 fully saturated rings. The predicted octanol–water partition coefficient (Wildman–Crippen LogP) is 2.04. The molecule has 0 radical (unpaired) electrons. The zero-order chi connectivity index (χ0) is 13.5. The zero-order valence-electron chi connectivity index (χ0n) is 11.9. The lowest BCUT2D eigenvalue weighted by Crippen LogP contribution is -2.41. The Morgan fingerprint density at radius 2 is 2.10 bits per heavy atom. The summed E-state index contributed by atoms with van der Waals surface area (Å²) in [5, 5.41) is 3.57. The molecule has 20 heavy (non-hydrogen) atoms. The van der Waals surface area contributed by atoms with Crippen LogP contribution in [0, 0.1) is 5.92 Å². The van der Waals surface area contributed by atoms with Crippen LogP contribution in [0.3, 0.4) is 0 Å². The summed E-state index contributed by atoms with van der Waals surface area (Å²) < 4.78 is 2.21. The second kappa shape index (κ2) is 4.92. The van der Waals surface area contributed by atoms with Crippen molar-refractivity contribution in [2.24, 2.45) is 5.92 Å². The Bertz CT molecular complexity index is 492. The van der Waals surface area contributed by atoms with Gasteiger partial charge in [-0.3, -0.25) is 4.79 Å². The lowest BCUT2D eigenvalue weighted by molar-refractivity contribution is 0.0769. The number of hydrogen-bond donors (Lipinski definition) is 1. The van der Waals surface area contributed by atoms with Crippen LogP contribution in [-0.4, -0.2) is 41.1 Å². The van der Waals surface area contributed by atoms with Crippen molar-refractivity contribution in [1.82, 2.24) is 14.8 Å². The highest BCUT2D eigenvalue weighted by Gasteiger charge is 2.37. The molecule has 1 aromatic rings. The number of piperidine rings is 1. The summed E-state index contributed by atoms with van der Waals surface area (Å²) >= 11 is 0. The van der Waals surface area contributed by atoms with Crippen molar-refractivity contribution >= 4 is 5.91 Å². The molecular formula is C16H23N3O. The van der Waals surface area contributed by atoms with E-state index in [1.165, 1.54) is 32.1 Å². The second-order valence-corrected chi connectivity index (χ2v) is 6.56. The number of rotatable bonds is 2. The molecule has 0 spiro atoms. The van der Waals surface area contributed by atoms with Gasteiger partial charge in [-0.25, -0.2) is 0 Å². The fourth-order valence-corrected chi connectivity index (χ4v) is 3.93. The molecule has 1 aromatic heterocycles. The summed E-state index contributed by atoms with van der Waals surface area (Å²) in [5.41, 5.74) is 0.897. The largest absolute Gasteiger partial charge is 0.340 e. The topological polar surface area (TPSA) is 37.3 Å². The molecule has 0 aromatic carbocycles. The van der Waals surface area contributed by atoms with E-state index in [9.17, 15) is 4.79 Å². The number of fused-ring (bicyclic) bond motifs is 1. The Morgan fingerprint density at radius 3 is 2.85 bits per heavy atom. The minimum absolute atomic E-state index is 0.234. The molecule has 4 heteroatoms. The van der Waals surface area contributed by atoms with Crippen LogP contribution in [0.2, 0.25) is 0 Å². The highest BCUT2D eigenvalue weighted by molar-refractivity contribution is 5.93. The predicted molar refractivity (Wildman–Crippen MR) is 77.7 cm³/mol. The molecule has 3 heterocycles. The lowest BCUT2D eigenvalue weighted by Gasteiger charge is -2.29. The first-order chi connectivity index (χ1) is 9.83. The average Bonchev–Trinajstić information content (AvgIpc) is 3.01. The van der Waals surface area contributed by atoms with E-state index in [-0.39, 0.29) is 5.91 Å². The fraction of sp³-hybridized carbons (Fsp3) is 0.688. The van der Waals surface area contributed by atoms with Crippen LogP contribution in [0.15, 0.2) is 18.3 Å². The molecule has 1 aliphatic carbocycles. The van der Waals surface area contributed by atoms with Gasteiger partial charge < -0.3 is 14.8 Å². The van der Waals surface area contributed by atoms with Crippen molar-refractivity contribution in [2.75, 3.05) is 19.6 Å². The quantitative estimate of drug-likeness (QED) is 0.895. The van der Waals surface area contributed by atoms with Gasteiger partial charge in [-0.05, 0) is 56.7 Å². The molecule has 2 unspecified atom stereocenters. The van der Waals surface area contributed by atoms with E-state index < -0.39 is 0 Å². The summed E-state index contributed by atoms with van der Waals surface area (Å²) in [5.74, 6) is 0.901. The number of aromatic nitrogens is 1. The van der Waals surface area contributed by atoms with E-state index in [2.05, 4.69) is 21.0 Å². The standard InChI is InChI=1S/C16H23N3O/c20-16(15-7-3-9-19(15)13-5-1-6-13)18-10-12-4-2-8-17-14(12)11-18/h3,7,9,12-14,17H,1-2,4-6,8,10-11H2. The molecule has 1 amide bonds. The minimum Gasteiger partial charge on any atom is -0.340 e. The number of hydrogen-bond acceptors (Lipinski definition) is 2. The highest BCUT2D eigenvalue weighted by atomic mass is 16.2. The van der Waals surface area contributed by atoms with Gasteiger partial charge in [0.15, 0.2) is 0 Å². The third-order valence-corrected chi connectivity index (χ3v) is 5.35. The summed E-state index contributed by atoms with van der Waals surface area (Å²) in [6, 6.07) is 5.11. The Labute approximate surface area is 120 Å². The van der Waals surface area contributed by atoms with Gasteiger partial charge in [-0.2, -0.15) is 0 Å². The minimum atomic E-state index is 0.234. The first kappa shape index (κ1) is 12.5. The number of nitrogens with zero attached hydrogens (tertiary/aromatic N) is 2. The number of carbonyl (C=O) groups is 1. The Balaban J connectivity index is 1.51. The van der Waals surface area contributed by atoms with E-state index in [1.54, 1.807) is 0 Å². The van der Waals surface area contributed by atoms with Crippen LogP contribution in [-0.2, 0) is 0 Å². The van der Waals surface area contributed by atoms with Gasteiger partial charge in [-0.1, -0.05) is 0 Å². The van der Waals surface area contributed by atoms with Gasteiger partial charge >= 0.3 is 0 Å². The Morgan fingerprint density at radius 1 is 1.20 bits per heavy atom. The van der Waals surface area contributed by atoms with Gasteiger partial charge in [0.05, 0.1) is 0 Å². The van der Waals surface area contributed by atoms with Crippen LogP contribution in [0.25, 0.3) is 0 Å². The molecule has 4 rings (SSSR count). The summed E-state index contributed by atoms with van der Waals surface area (Å²) in [7, 11) is 0. The first-order valence-corrected chi connectivity index (χ1v) is 8.02. The van der Waals surface area contributed by atoms with Crippen molar-refractivity contribution in [3.8, 4) is 0 Å². The highest BCUT2D eigenvalue weighted by Crippen LogP contribution is 2.33. The normalized spacial score (nSPS) is 30.1. The third-order valence-electron chi connectivity index (χ3n) is 5.35. The molecule has 108 valence electrons. The van der Waals surface area contributed by atoms with Crippen molar-refractivity contribution in [2.45, 2.75) is 44.2 Å². The van der Waals surface area contributed by atoms with Crippen molar-refractivity contribution in [3.63, 3.8) is 0 Å². The maximum absolute atomic E-state index is 12.8. The smallest absolute Gasteiger partial charge is 0.270 e. The SMILES string of the molecule is O=C(c1cccn1C1CCC1)N1CC2CCCNC2C1. The van der Waals surface area contributed by atoms with Crippen molar-refractivity contribution in [1.29, 1.82) is 0 Å². The molecule has 2 atom stereocenters. The average molecular weight is 273 g/mol. The molecule has 0 bridgehead atoms. The van der Waals surface area contributed by atoms with E-state index in [4.69, 9.17) is 0 Å². The van der Waals surface area contributed by atoms with Crippen LogP contribution in [0.5, 0.6) is 0 Å². The van der Waals surface area contributed by atoms with Crippen molar-refractivity contribution < 1.29 is 4.79 Å². The summed E-state index contributed by atoms with van der Waals surface area (Å²) in [6.45, 7) is 2.94. The Hall–Kier alpha value is -1.29. The van der Waals surface area contributed by atoms with Crippen LogP contribution < -0.4 is 5.32 Å². The number of likely N-dealkylation sites (tertiary alicyclic amines) is 1. The lowest BCUT2D eigenvalue weighted by atomic mass is 9.93. The van der Waals surface area contributed by atoms with E-state index >= 15 is 0 Å².